The van der Waals surface area contributed by atoms with E-state index in [0.29, 0.717) is 6.61 Å². The van der Waals surface area contributed by atoms with Crippen molar-refractivity contribution in [2.24, 2.45) is 5.73 Å². The standard InChI is InChI=1S/C16H25NO2/c1-4-19-16(8-10-18-11-9-16)15(17)14-7-5-6-12(2)13(14)3/h5-7,15H,4,8-11,17H2,1-3H3. The van der Waals surface area contributed by atoms with Gasteiger partial charge in [0.2, 0.25) is 0 Å². The normalized spacial score (nSPS) is 20.2. The fourth-order valence-electron chi connectivity index (χ4n) is 2.94. The second-order valence-electron chi connectivity index (χ2n) is 5.38. The third kappa shape index (κ3) is 2.83. The van der Waals surface area contributed by atoms with Crippen LogP contribution in [0.2, 0.25) is 0 Å². The van der Waals surface area contributed by atoms with E-state index in [1.807, 2.05) is 6.92 Å². The smallest absolute Gasteiger partial charge is 0.0917 e. The molecular weight excluding hydrogens is 238 g/mol. The summed E-state index contributed by atoms with van der Waals surface area (Å²) in [6, 6.07) is 6.25. The molecule has 106 valence electrons. The van der Waals surface area contributed by atoms with Crippen molar-refractivity contribution in [2.45, 2.75) is 45.3 Å². The Kier molecular flexibility index (Phi) is 4.61. The Morgan fingerprint density at radius 1 is 1.32 bits per heavy atom. The maximum atomic E-state index is 6.58. The van der Waals surface area contributed by atoms with Crippen LogP contribution in [-0.2, 0) is 9.47 Å². The molecule has 1 aliphatic rings. The van der Waals surface area contributed by atoms with E-state index in [2.05, 4.69) is 32.0 Å². The fraction of sp³-hybridized carbons (Fsp3) is 0.625. The predicted octanol–water partition coefficient (Wildman–Crippen LogP) is 2.89. The van der Waals surface area contributed by atoms with Crippen molar-refractivity contribution in [1.29, 1.82) is 0 Å². The highest BCUT2D eigenvalue weighted by Crippen LogP contribution is 2.37. The summed E-state index contributed by atoms with van der Waals surface area (Å²) in [5.74, 6) is 0. The van der Waals surface area contributed by atoms with Crippen LogP contribution in [-0.4, -0.2) is 25.4 Å². The van der Waals surface area contributed by atoms with E-state index in [4.69, 9.17) is 15.2 Å². The van der Waals surface area contributed by atoms with Crippen LogP contribution in [0.5, 0.6) is 0 Å². The van der Waals surface area contributed by atoms with Crippen LogP contribution < -0.4 is 5.73 Å². The van der Waals surface area contributed by atoms with Crippen LogP contribution in [0.25, 0.3) is 0 Å². The molecule has 1 saturated heterocycles. The molecule has 1 atom stereocenters. The fourth-order valence-corrected chi connectivity index (χ4v) is 2.94. The number of nitrogens with two attached hydrogens (primary N) is 1. The van der Waals surface area contributed by atoms with Gasteiger partial charge in [-0.25, -0.2) is 0 Å². The van der Waals surface area contributed by atoms with Gasteiger partial charge in [0.15, 0.2) is 0 Å². The zero-order valence-corrected chi connectivity index (χ0v) is 12.2. The molecule has 3 heteroatoms. The molecule has 0 spiro atoms. The van der Waals surface area contributed by atoms with E-state index >= 15 is 0 Å². The summed E-state index contributed by atoms with van der Waals surface area (Å²) < 4.78 is 11.6. The van der Waals surface area contributed by atoms with Crippen molar-refractivity contribution in [2.75, 3.05) is 19.8 Å². The Labute approximate surface area is 116 Å². The molecule has 19 heavy (non-hydrogen) atoms. The highest BCUT2D eigenvalue weighted by molar-refractivity contribution is 5.36. The van der Waals surface area contributed by atoms with E-state index in [1.54, 1.807) is 0 Å². The summed E-state index contributed by atoms with van der Waals surface area (Å²) >= 11 is 0. The van der Waals surface area contributed by atoms with Gasteiger partial charge in [0.25, 0.3) is 0 Å². The zero-order valence-electron chi connectivity index (χ0n) is 12.2. The second-order valence-corrected chi connectivity index (χ2v) is 5.38. The quantitative estimate of drug-likeness (QED) is 0.908. The lowest BCUT2D eigenvalue weighted by Gasteiger charge is -2.42. The summed E-state index contributed by atoms with van der Waals surface area (Å²) in [5, 5.41) is 0. The molecule has 0 amide bonds. The minimum absolute atomic E-state index is 0.0868. The van der Waals surface area contributed by atoms with E-state index in [9.17, 15) is 0 Å². The molecule has 0 saturated carbocycles. The molecule has 0 aliphatic carbocycles. The molecule has 0 radical (unpaired) electrons. The topological polar surface area (TPSA) is 44.5 Å². The number of benzene rings is 1. The van der Waals surface area contributed by atoms with Crippen LogP contribution in [0.4, 0.5) is 0 Å². The van der Waals surface area contributed by atoms with Gasteiger partial charge >= 0.3 is 0 Å². The molecule has 1 unspecified atom stereocenters. The van der Waals surface area contributed by atoms with Gasteiger partial charge in [-0.15, -0.1) is 0 Å². The summed E-state index contributed by atoms with van der Waals surface area (Å²) in [4.78, 5) is 0. The average Bonchev–Trinajstić information content (AvgIpc) is 2.42. The van der Waals surface area contributed by atoms with E-state index < -0.39 is 0 Å². The highest BCUT2D eigenvalue weighted by Gasteiger charge is 2.40. The van der Waals surface area contributed by atoms with Gasteiger partial charge in [-0.1, -0.05) is 18.2 Å². The maximum absolute atomic E-state index is 6.58. The zero-order chi connectivity index (χ0) is 13.9. The Morgan fingerprint density at radius 3 is 2.63 bits per heavy atom. The highest BCUT2D eigenvalue weighted by atomic mass is 16.5. The van der Waals surface area contributed by atoms with E-state index in [-0.39, 0.29) is 11.6 Å². The first-order chi connectivity index (χ1) is 9.10. The number of hydrogen-bond acceptors (Lipinski definition) is 3. The van der Waals surface area contributed by atoms with Crippen molar-refractivity contribution in [3.63, 3.8) is 0 Å². The summed E-state index contributed by atoms with van der Waals surface area (Å²) in [6.07, 6.45) is 1.74. The van der Waals surface area contributed by atoms with E-state index in [1.165, 1.54) is 16.7 Å². The molecule has 0 aromatic heterocycles. The number of aryl methyl sites for hydroxylation is 1. The van der Waals surface area contributed by atoms with Crippen LogP contribution >= 0.6 is 0 Å². The predicted molar refractivity (Wildman–Crippen MR) is 77.3 cm³/mol. The lowest BCUT2D eigenvalue weighted by molar-refractivity contribution is -0.121. The molecule has 0 bridgehead atoms. The SMILES string of the molecule is CCOC1(C(N)c2cccc(C)c2C)CCOCC1. The van der Waals surface area contributed by atoms with Crippen molar-refractivity contribution >= 4 is 0 Å². The molecule has 1 aromatic rings. The average molecular weight is 263 g/mol. The minimum Gasteiger partial charge on any atom is -0.381 e. The van der Waals surface area contributed by atoms with Gasteiger partial charge in [0.1, 0.15) is 0 Å². The molecule has 1 aliphatic heterocycles. The Bertz CT molecular complexity index is 419. The monoisotopic (exact) mass is 263 g/mol. The van der Waals surface area contributed by atoms with Crippen molar-refractivity contribution in [3.8, 4) is 0 Å². The molecular formula is C16H25NO2. The van der Waals surface area contributed by atoms with Crippen LogP contribution in [0.3, 0.4) is 0 Å². The van der Waals surface area contributed by atoms with Gasteiger partial charge in [0.05, 0.1) is 11.6 Å². The number of ether oxygens (including phenoxy) is 2. The summed E-state index contributed by atoms with van der Waals surface area (Å²) in [5.41, 5.74) is 10.1. The van der Waals surface area contributed by atoms with Crippen LogP contribution in [0.1, 0.15) is 42.5 Å². The van der Waals surface area contributed by atoms with Crippen molar-refractivity contribution < 1.29 is 9.47 Å². The van der Waals surface area contributed by atoms with Crippen molar-refractivity contribution in [3.05, 3.63) is 34.9 Å². The van der Waals surface area contributed by atoms with Gasteiger partial charge in [0, 0.05) is 32.7 Å². The lowest BCUT2D eigenvalue weighted by Crippen LogP contribution is -2.48. The Balaban J connectivity index is 2.33. The first-order valence-electron chi connectivity index (χ1n) is 7.14. The summed E-state index contributed by atoms with van der Waals surface area (Å²) in [6.45, 7) is 8.47. The van der Waals surface area contributed by atoms with Crippen LogP contribution in [0, 0.1) is 13.8 Å². The minimum atomic E-state index is -0.272. The third-order valence-electron chi connectivity index (χ3n) is 4.32. The van der Waals surface area contributed by atoms with Gasteiger partial charge in [-0.3, -0.25) is 0 Å². The first kappa shape index (κ1) is 14.5. The van der Waals surface area contributed by atoms with Gasteiger partial charge < -0.3 is 15.2 Å². The molecule has 2 rings (SSSR count). The Hall–Kier alpha value is -0.900. The lowest BCUT2D eigenvalue weighted by atomic mass is 9.80. The number of hydrogen-bond donors (Lipinski definition) is 1. The van der Waals surface area contributed by atoms with Gasteiger partial charge in [-0.2, -0.15) is 0 Å². The van der Waals surface area contributed by atoms with E-state index in [0.717, 1.165) is 26.1 Å². The Morgan fingerprint density at radius 2 is 2.00 bits per heavy atom. The second kappa shape index (κ2) is 6.04. The van der Waals surface area contributed by atoms with Gasteiger partial charge in [-0.05, 0) is 37.5 Å². The number of rotatable bonds is 4. The third-order valence-corrected chi connectivity index (χ3v) is 4.32. The first-order valence-corrected chi connectivity index (χ1v) is 7.14. The molecule has 1 heterocycles. The molecule has 3 nitrogen and oxygen atoms in total. The van der Waals surface area contributed by atoms with Crippen molar-refractivity contribution in [1.82, 2.24) is 0 Å². The maximum Gasteiger partial charge on any atom is 0.0917 e. The molecule has 1 fully saturated rings. The molecule has 2 N–H and O–H groups in total. The summed E-state index contributed by atoms with van der Waals surface area (Å²) in [7, 11) is 0. The molecule has 1 aromatic carbocycles. The van der Waals surface area contributed by atoms with Crippen LogP contribution in [0.15, 0.2) is 18.2 Å². The largest absolute Gasteiger partial charge is 0.381 e.